The molecule has 0 aromatic rings. The van der Waals surface area contributed by atoms with Gasteiger partial charge in [0.2, 0.25) is 11.8 Å². The lowest BCUT2D eigenvalue weighted by molar-refractivity contribution is -0.140. The highest BCUT2D eigenvalue weighted by atomic mass is 16.2. The van der Waals surface area contributed by atoms with Gasteiger partial charge in [0, 0.05) is 25.7 Å². The number of hydrogen-bond acceptors (Lipinski definition) is 4. The highest BCUT2D eigenvalue weighted by Gasteiger charge is 2.38. The first kappa shape index (κ1) is 19.9. The van der Waals surface area contributed by atoms with E-state index in [4.69, 9.17) is 0 Å². The minimum absolute atomic E-state index is 0.0401. The van der Waals surface area contributed by atoms with E-state index < -0.39 is 6.04 Å². The van der Waals surface area contributed by atoms with Crippen LogP contribution in [0, 0.1) is 5.41 Å². The molecule has 0 aromatic heterocycles. The third-order valence-corrected chi connectivity index (χ3v) is 4.45. The molecule has 134 valence electrons. The molecule has 23 heavy (non-hydrogen) atoms. The minimum atomic E-state index is -0.496. The topological polar surface area (TPSA) is 73.5 Å². The summed E-state index contributed by atoms with van der Waals surface area (Å²) < 4.78 is 0. The van der Waals surface area contributed by atoms with Crippen molar-refractivity contribution in [3.63, 3.8) is 0 Å². The number of likely N-dealkylation sites (N-methyl/N-ethyl adjacent to an activating group) is 1. The molecule has 1 fully saturated rings. The molecule has 1 rings (SSSR count). The molecular formula is C17H34N4O2. The van der Waals surface area contributed by atoms with Crippen LogP contribution in [0.2, 0.25) is 0 Å². The molecule has 0 unspecified atom stereocenters. The van der Waals surface area contributed by atoms with E-state index in [1.807, 2.05) is 39.6 Å². The predicted octanol–water partition coefficient (Wildman–Crippen LogP) is 0.726. The SMILES string of the molecule is CNCCN[C@@H](C)C(=O)N[C@H](C(=O)N1CCC[C@H]1C)C(C)(C)C. The normalized spacial score (nSPS) is 21.1. The highest BCUT2D eigenvalue weighted by molar-refractivity contribution is 5.90. The molecule has 1 saturated heterocycles. The number of carbonyl (C=O) groups excluding carboxylic acids is 2. The number of carbonyl (C=O) groups is 2. The molecule has 0 aliphatic carbocycles. The summed E-state index contributed by atoms with van der Waals surface area (Å²) in [6, 6.07) is -0.559. The number of hydrogen-bond donors (Lipinski definition) is 3. The molecule has 3 N–H and O–H groups in total. The largest absolute Gasteiger partial charge is 0.342 e. The predicted molar refractivity (Wildman–Crippen MR) is 93.2 cm³/mol. The summed E-state index contributed by atoms with van der Waals surface area (Å²) >= 11 is 0. The van der Waals surface area contributed by atoms with E-state index in [1.54, 1.807) is 0 Å². The van der Waals surface area contributed by atoms with Crippen molar-refractivity contribution in [3.8, 4) is 0 Å². The van der Waals surface area contributed by atoms with Gasteiger partial charge in [-0.15, -0.1) is 0 Å². The van der Waals surface area contributed by atoms with E-state index in [-0.39, 0.29) is 29.3 Å². The van der Waals surface area contributed by atoms with Crippen molar-refractivity contribution >= 4 is 11.8 Å². The number of amides is 2. The number of likely N-dealkylation sites (tertiary alicyclic amines) is 1. The molecule has 0 aromatic carbocycles. The van der Waals surface area contributed by atoms with Crippen LogP contribution in [0.5, 0.6) is 0 Å². The summed E-state index contributed by atoms with van der Waals surface area (Å²) in [5, 5.41) is 9.16. The highest BCUT2D eigenvalue weighted by Crippen LogP contribution is 2.25. The Labute approximate surface area is 140 Å². The summed E-state index contributed by atoms with van der Waals surface area (Å²) in [6.45, 7) is 12.2. The second-order valence-electron chi connectivity index (χ2n) is 7.61. The molecule has 2 amide bonds. The molecule has 6 heteroatoms. The molecular weight excluding hydrogens is 292 g/mol. The van der Waals surface area contributed by atoms with E-state index in [0.717, 1.165) is 25.9 Å². The summed E-state index contributed by atoms with van der Waals surface area (Å²) in [7, 11) is 1.87. The Balaban J connectivity index is 2.71. The Kier molecular flexibility index (Phi) is 7.48. The van der Waals surface area contributed by atoms with E-state index in [1.165, 1.54) is 0 Å². The van der Waals surface area contributed by atoms with Crippen LogP contribution in [0.25, 0.3) is 0 Å². The molecule has 0 spiro atoms. The average molecular weight is 326 g/mol. The zero-order valence-corrected chi connectivity index (χ0v) is 15.5. The van der Waals surface area contributed by atoms with Crippen LogP contribution < -0.4 is 16.0 Å². The van der Waals surface area contributed by atoms with Crippen molar-refractivity contribution in [1.82, 2.24) is 20.9 Å². The third-order valence-electron chi connectivity index (χ3n) is 4.45. The number of nitrogens with one attached hydrogen (secondary N) is 3. The maximum absolute atomic E-state index is 12.9. The van der Waals surface area contributed by atoms with Crippen molar-refractivity contribution in [1.29, 1.82) is 0 Å². The molecule has 0 radical (unpaired) electrons. The fourth-order valence-corrected chi connectivity index (χ4v) is 2.85. The van der Waals surface area contributed by atoms with Gasteiger partial charge in [-0.3, -0.25) is 9.59 Å². The summed E-state index contributed by atoms with van der Waals surface area (Å²) in [4.78, 5) is 27.2. The lowest BCUT2D eigenvalue weighted by Gasteiger charge is -2.35. The van der Waals surface area contributed by atoms with Gasteiger partial charge in [-0.25, -0.2) is 0 Å². The fraction of sp³-hybridized carbons (Fsp3) is 0.882. The van der Waals surface area contributed by atoms with Crippen molar-refractivity contribution in [3.05, 3.63) is 0 Å². The van der Waals surface area contributed by atoms with Crippen LogP contribution in [0.4, 0.5) is 0 Å². The van der Waals surface area contributed by atoms with Gasteiger partial charge in [0.05, 0.1) is 6.04 Å². The standard InChI is InChI=1S/C17H34N4O2/c1-12-8-7-11-21(12)16(23)14(17(3,4)5)20-15(22)13(2)19-10-9-18-6/h12-14,18-19H,7-11H2,1-6H3,(H,20,22)/t12-,13+,14-/m1/s1. The summed E-state index contributed by atoms with van der Waals surface area (Å²) in [5.74, 6) is -0.0838. The Morgan fingerprint density at radius 2 is 1.91 bits per heavy atom. The Morgan fingerprint density at radius 3 is 2.39 bits per heavy atom. The summed E-state index contributed by atoms with van der Waals surface area (Å²) in [6.07, 6.45) is 2.08. The second-order valence-corrected chi connectivity index (χ2v) is 7.61. The molecule has 1 aliphatic heterocycles. The van der Waals surface area contributed by atoms with Gasteiger partial charge in [0.25, 0.3) is 0 Å². The first-order valence-corrected chi connectivity index (χ1v) is 8.67. The average Bonchev–Trinajstić information content (AvgIpc) is 2.88. The lowest BCUT2D eigenvalue weighted by Crippen LogP contribution is -2.58. The van der Waals surface area contributed by atoms with Gasteiger partial charge in [0.15, 0.2) is 0 Å². The van der Waals surface area contributed by atoms with Gasteiger partial charge >= 0.3 is 0 Å². The Morgan fingerprint density at radius 1 is 1.26 bits per heavy atom. The van der Waals surface area contributed by atoms with Crippen LogP contribution in [-0.4, -0.2) is 61.5 Å². The fourth-order valence-electron chi connectivity index (χ4n) is 2.85. The monoisotopic (exact) mass is 326 g/mol. The van der Waals surface area contributed by atoms with Crippen LogP contribution in [-0.2, 0) is 9.59 Å². The van der Waals surface area contributed by atoms with Gasteiger partial charge < -0.3 is 20.9 Å². The van der Waals surface area contributed by atoms with E-state index >= 15 is 0 Å². The van der Waals surface area contributed by atoms with Crippen LogP contribution in [0.3, 0.4) is 0 Å². The van der Waals surface area contributed by atoms with E-state index in [2.05, 4.69) is 22.9 Å². The molecule has 0 saturated carbocycles. The van der Waals surface area contributed by atoms with Crippen LogP contribution in [0.1, 0.15) is 47.5 Å². The third kappa shape index (κ3) is 5.77. The zero-order chi connectivity index (χ0) is 17.6. The second kappa shape index (κ2) is 8.64. The smallest absolute Gasteiger partial charge is 0.245 e. The number of rotatable bonds is 7. The van der Waals surface area contributed by atoms with Crippen LogP contribution in [0.15, 0.2) is 0 Å². The molecule has 6 nitrogen and oxygen atoms in total. The van der Waals surface area contributed by atoms with E-state index in [0.29, 0.717) is 6.54 Å². The maximum atomic E-state index is 12.9. The Bertz CT molecular complexity index is 406. The quantitative estimate of drug-likeness (QED) is 0.603. The van der Waals surface area contributed by atoms with Gasteiger partial charge in [-0.05, 0) is 39.2 Å². The van der Waals surface area contributed by atoms with Gasteiger partial charge in [-0.1, -0.05) is 20.8 Å². The van der Waals surface area contributed by atoms with Crippen molar-refractivity contribution in [2.45, 2.75) is 65.6 Å². The minimum Gasteiger partial charge on any atom is -0.342 e. The van der Waals surface area contributed by atoms with Gasteiger partial charge in [0.1, 0.15) is 6.04 Å². The van der Waals surface area contributed by atoms with Crippen LogP contribution >= 0.6 is 0 Å². The number of nitrogens with zero attached hydrogens (tertiary/aromatic N) is 1. The van der Waals surface area contributed by atoms with Crippen molar-refractivity contribution in [2.24, 2.45) is 5.41 Å². The molecule has 0 bridgehead atoms. The Hall–Kier alpha value is -1.14. The first-order chi connectivity index (χ1) is 10.7. The van der Waals surface area contributed by atoms with E-state index in [9.17, 15) is 9.59 Å². The first-order valence-electron chi connectivity index (χ1n) is 8.67. The van der Waals surface area contributed by atoms with Crippen molar-refractivity contribution < 1.29 is 9.59 Å². The maximum Gasteiger partial charge on any atom is 0.245 e. The zero-order valence-electron chi connectivity index (χ0n) is 15.5. The molecule has 3 atom stereocenters. The van der Waals surface area contributed by atoms with Crippen molar-refractivity contribution in [2.75, 3.05) is 26.7 Å². The molecule has 1 heterocycles. The molecule has 1 aliphatic rings. The summed E-state index contributed by atoms with van der Waals surface area (Å²) in [5.41, 5.74) is -0.320. The lowest BCUT2D eigenvalue weighted by atomic mass is 9.85. The van der Waals surface area contributed by atoms with Gasteiger partial charge in [-0.2, -0.15) is 0 Å².